The Labute approximate surface area is 87.9 Å². The Hall–Kier alpha value is -1.71. The first-order chi connectivity index (χ1) is 7.24. The van der Waals surface area contributed by atoms with Crippen LogP contribution in [0.4, 0.5) is 5.69 Å². The molecule has 0 radical (unpaired) electrons. The fourth-order valence-corrected chi connectivity index (χ4v) is 1.93. The number of carboxylic acid groups (broad SMARTS) is 1. The number of aromatic carboxylic acids is 1. The van der Waals surface area contributed by atoms with Crippen LogP contribution >= 0.6 is 0 Å². The summed E-state index contributed by atoms with van der Waals surface area (Å²) >= 11 is 0. The maximum Gasteiger partial charge on any atom is 0.339 e. The molecule has 0 aromatic heterocycles. The Kier molecular flexibility index (Phi) is 2.49. The van der Waals surface area contributed by atoms with Crippen molar-refractivity contribution >= 4 is 11.7 Å². The summed E-state index contributed by atoms with van der Waals surface area (Å²) in [5, 5.41) is 12.2. The molecule has 4 heteroatoms. The van der Waals surface area contributed by atoms with Gasteiger partial charge in [0.15, 0.2) is 0 Å². The molecule has 4 nitrogen and oxygen atoms in total. The van der Waals surface area contributed by atoms with E-state index in [1.165, 1.54) is 7.11 Å². The second-order valence-corrected chi connectivity index (χ2v) is 3.51. The summed E-state index contributed by atoms with van der Waals surface area (Å²) in [6.45, 7) is 0.933. The fraction of sp³-hybridized carbons (Fsp3) is 0.364. The molecule has 0 spiro atoms. The maximum absolute atomic E-state index is 11.0. The Bertz CT molecular complexity index is 401. The molecule has 0 amide bonds. The number of hydrogen-bond acceptors (Lipinski definition) is 3. The number of carbonyl (C=O) groups is 1. The lowest BCUT2D eigenvalue weighted by molar-refractivity contribution is 0.0693. The third-order valence-corrected chi connectivity index (χ3v) is 2.61. The maximum atomic E-state index is 11.0. The highest BCUT2D eigenvalue weighted by atomic mass is 16.5. The number of hydrogen-bond donors (Lipinski definition) is 2. The van der Waals surface area contributed by atoms with Gasteiger partial charge in [0.2, 0.25) is 0 Å². The van der Waals surface area contributed by atoms with Gasteiger partial charge in [-0.1, -0.05) is 0 Å². The molecule has 0 saturated carbocycles. The van der Waals surface area contributed by atoms with Crippen LogP contribution in [0.3, 0.4) is 0 Å². The third kappa shape index (κ3) is 1.63. The van der Waals surface area contributed by atoms with Crippen LogP contribution in [-0.4, -0.2) is 24.7 Å². The second-order valence-electron chi connectivity index (χ2n) is 3.51. The van der Waals surface area contributed by atoms with Crippen LogP contribution in [-0.2, 0) is 6.42 Å². The summed E-state index contributed by atoms with van der Waals surface area (Å²) in [5.74, 6) is -0.451. The molecule has 0 fully saturated rings. The number of benzene rings is 1. The zero-order valence-electron chi connectivity index (χ0n) is 8.54. The minimum atomic E-state index is -0.944. The molecule has 80 valence electrons. The Morgan fingerprint density at radius 1 is 1.53 bits per heavy atom. The zero-order chi connectivity index (χ0) is 10.8. The van der Waals surface area contributed by atoms with E-state index in [2.05, 4.69) is 5.32 Å². The van der Waals surface area contributed by atoms with E-state index in [1.807, 2.05) is 0 Å². The van der Waals surface area contributed by atoms with Crippen LogP contribution in [0.15, 0.2) is 12.1 Å². The molecular weight excluding hydrogens is 194 g/mol. The van der Waals surface area contributed by atoms with Crippen molar-refractivity contribution < 1.29 is 14.6 Å². The Balaban J connectivity index is 2.56. The van der Waals surface area contributed by atoms with Crippen molar-refractivity contribution in [1.82, 2.24) is 0 Å². The first-order valence-corrected chi connectivity index (χ1v) is 4.91. The molecule has 0 bridgehead atoms. The summed E-state index contributed by atoms with van der Waals surface area (Å²) in [6.07, 6.45) is 1.87. The third-order valence-electron chi connectivity index (χ3n) is 2.61. The lowest BCUT2D eigenvalue weighted by Crippen LogP contribution is -2.14. The van der Waals surface area contributed by atoms with Crippen LogP contribution in [0.2, 0.25) is 0 Å². The molecule has 1 aliphatic heterocycles. The Morgan fingerprint density at radius 2 is 2.33 bits per heavy atom. The number of rotatable bonds is 2. The summed E-state index contributed by atoms with van der Waals surface area (Å²) in [4.78, 5) is 11.0. The summed E-state index contributed by atoms with van der Waals surface area (Å²) in [5.41, 5.74) is 2.20. The van der Waals surface area contributed by atoms with Crippen molar-refractivity contribution in [2.24, 2.45) is 0 Å². The minimum absolute atomic E-state index is 0.236. The predicted octanol–water partition coefficient (Wildman–Crippen LogP) is 1.75. The number of methoxy groups -OCH3 is 1. The number of nitrogens with one attached hydrogen (secondary N) is 1. The van der Waals surface area contributed by atoms with E-state index in [9.17, 15) is 4.79 Å². The standard InChI is InChI=1S/C11H13NO3/c1-15-10-7-3-2-6-12-9(7)5-4-8(10)11(13)14/h4-5,12H,2-3,6H2,1H3,(H,13,14). The molecule has 0 unspecified atom stereocenters. The highest BCUT2D eigenvalue weighted by molar-refractivity contribution is 5.92. The first kappa shape index (κ1) is 9.83. The van der Waals surface area contributed by atoms with Gasteiger partial charge in [-0.05, 0) is 25.0 Å². The lowest BCUT2D eigenvalue weighted by atomic mass is 9.99. The molecule has 0 saturated heterocycles. The minimum Gasteiger partial charge on any atom is -0.495 e. The second kappa shape index (κ2) is 3.81. The molecule has 1 heterocycles. The number of anilines is 1. The van der Waals surface area contributed by atoms with E-state index >= 15 is 0 Å². The molecule has 1 aromatic rings. The van der Waals surface area contributed by atoms with Crippen LogP contribution in [0, 0.1) is 0 Å². The van der Waals surface area contributed by atoms with Gasteiger partial charge in [0.25, 0.3) is 0 Å². The van der Waals surface area contributed by atoms with Gasteiger partial charge in [0.1, 0.15) is 11.3 Å². The van der Waals surface area contributed by atoms with Gasteiger partial charge in [0.05, 0.1) is 7.11 Å². The van der Waals surface area contributed by atoms with Crippen molar-refractivity contribution in [3.05, 3.63) is 23.3 Å². The van der Waals surface area contributed by atoms with Crippen molar-refractivity contribution in [2.45, 2.75) is 12.8 Å². The van der Waals surface area contributed by atoms with Crippen molar-refractivity contribution in [3.8, 4) is 5.75 Å². The van der Waals surface area contributed by atoms with Gasteiger partial charge in [-0.15, -0.1) is 0 Å². The van der Waals surface area contributed by atoms with Crippen LogP contribution in [0.1, 0.15) is 22.3 Å². The molecule has 15 heavy (non-hydrogen) atoms. The molecule has 1 aliphatic rings. The van der Waals surface area contributed by atoms with Gasteiger partial charge in [-0.25, -0.2) is 4.79 Å². The zero-order valence-corrected chi connectivity index (χ0v) is 8.54. The van der Waals surface area contributed by atoms with E-state index in [0.29, 0.717) is 5.75 Å². The van der Waals surface area contributed by atoms with E-state index in [0.717, 1.165) is 30.6 Å². The monoisotopic (exact) mass is 207 g/mol. The lowest BCUT2D eigenvalue weighted by Gasteiger charge is -2.21. The van der Waals surface area contributed by atoms with Crippen molar-refractivity contribution in [2.75, 3.05) is 19.0 Å². The molecule has 0 atom stereocenters. The molecular formula is C11H13NO3. The molecule has 0 aliphatic carbocycles. The summed E-state index contributed by atoms with van der Waals surface area (Å²) in [6, 6.07) is 3.39. The van der Waals surface area contributed by atoms with Gasteiger partial charge < -0.3 is 15.2 Å². The van der Waals surface area contributed by atoms with E-state index in [1.54, 1.807) is 12.1 Å². The number of carboxylic acids is 1. The van der Waals surface area contributed by atoms with Crippen LogP contribution in [0.5, 0.6) is 5.75 Å². The fourth-order valence-electron chi connectivity index (χ4n) is 1.93. The van der Waals surface area contributed by atoms with Gasteiger partial charge >= 0.3 is 5.97 Å². The van der Waals surface area contributed by atoms with E-state index in [4.69, 9.17) is 9.84 Å². The average molecular weight is 207 g/mol. The van der Waals surface area contributed by atoms with Gasteiger partial charge in [-0.2, -0.15) is 0 Å². The normalized spacial score (nSPS) is 13.9. The van der Waals surface area contributed by atoms with E-state index < -0.39 is 5.97 Å². The van der Waals surface area contributed by atoms with Crippen LogP contribution in [0.25, 0.3) is 0 Å². The first-order valence-electron chi connectivity index (χ1n) is 4.91. The average Bonchev–Trinajstić information content (AvgIpc) is 2.27. The SMILES string of the molecule is COc1c(C(=O)O)ccc2c1CCCN2. The van der Waals surface area contributed by atoms with Crippen LogP contribution < -0.4 is 10.1 Å². The van der Waals surface area contributed by atoms with Crippen molar-refractivity contribution in [1.29, 1.82) is 0 Å². The summed E-state index contributed by atoms with van der Waals surface area (Å²) in [7, 11) is 1.51. The van der Waals surface area contributed by atoms with Gasteiger partial charge in [-0.3, -0.25) is 0 Å². The largest absolute Gasteiger partial charge is 0.495 e. The number of fused-ring (bicyclic) bond motifs is 1. The van der Waals surface area contributed by atoms with E-state index in [-0.39, 0.29) is 5.56 Å². The smallest absolute Gasteiger partial charge is 0.339 e. The highest BCUT2D eigenvalue weighted by Crippen LogP contribution is 2.33. The topological polar surface area (TPSA) is 58.6 Å². The van der Waals surface area contributed by atoms with Gasteiger partial charge in [0, 0.05) is 17.8 Å². The molecule has 2 rings (SSSR count). The quantitative estimate of drug-likeness (QED) is 0.775. The molecule has 1 aromatic carbocycles. The summed E-state index contributed by atoms with van der Waals surface area (Å²) < 4.78 is 5.18. The highest BCUT2D eigenvalue weighted by Gasteiger charge is 2.20. The van der Waals surface area contributed by atoms with Crippen molar-refractivity contribution in [3.63, 3.8) is 0 Å². The molecule has 2 N–H and O–H groups in total. The Morgan fingerprint density at radius 3 is 3.00 bits per heavy atom. The predicted molar refractivity (Wildman–Crippen MR) is 56.8 cm³/mol. The number of ether oxygens (including phenoxy) is 1.